The summed E-state index contributed by atoms with van der Waals surface area (Å²) >= 11 is 0. The average Bonchev–Trinajstić information content (AvgIpc) is 2.46. The Hall–Kier alpha value is -1.88. The van der Waals surface area contributed by atoms with Crippen LogP contribution in [0.2, 0.25) is 0 Å². The van der Waals surface area contributed by atoms with Crippen LogP contribution in [0.1, 0.15) is 53.8 Å². The Kier molecular flexibility index (Phi) is 6.73. The van der Waals surface area contributed by atoms with Gasteiger partial charge in [-0.2, -0.15) is 0 Å². The Morgan fingerprint density at radius 1 is 1.25 bits per heavy atom. The quantitative estimate of drug-likeness (QED) is 0.450. The van der Waals surface area contributed by atoms with E-state index >= 15 is 0 Å². The van der Waals surface area contributed by atoms with Gasteiger partial charge in [-0.1, -0.05) is 26.3 Å². The van der Waals surface area contributed by atoms with Crippen molar-refractivity contribution < 1.29 is 24.2 Å². The second-order valence-corrected chi connectivity index (χ2v) is 4.35. The Morgan fingerprint density at radius 3 is 2.55 bits per heavy atom. The summed E-state index contributed by atoms with van der Waals surface area (Å²) in [5.74, 6) is -1.65. The molecule has 1 aromatic carbocycles. The molecule has 1 unspecified atom stereocenters. The van der Waals surface area contributed by atoms with Crippen LogP contribution in [0.15, 0.2) is 24.3 Å². The van der Waals surface area contributed by atoms with Crippen LogP contribution in [0.4, 0.5) is 0 Å². The van der Waals surface area contributed by atoms with E-state index in [0.717, 1.165) is 12.8 Å². The van der Waals surface area contributed by atoms with Crippen molar-refractivity contribution in [3.05, 3.63) is 35.4 Å². The lowest BCUT2D eigenvalue weighted by atomic mass is 10.1. The Balaban J connectivity index is 2.64. The number of esters is 1. The number of carboxylic acid groups (broad SMARTS) is 1. The van der Waals surface area contributed by atoms with Crippen molar-refractivity contribution in [3.8, 4) is 0 Å². The molecule has 0 aromatic heterocycles. The second kappa shape index (κ2) is 8.32. The molecule has 0 saturated carbocycles. The van der Waals surface area contributed by atoms with E-state index in [1.807, 2.05) is 13.8 Å². The molecule has 0 radical (unpaired) electrons. The molecule has 0 amide bonds. The molecular weight excluding hydrogens is 260 g/mol. The van der Waals surface area contributed by atoms with Crippen molar-refractivity contribution in [1.82, 2.24) is 0 Å². The first-order valence-electron chi connectivity index (χ1n) is 6.74. The molecule has 0 saturated heterocycles. The third-order valence-electron chi connectivity index (χ3n) is 2.72. The number of benzene rings is 1. The van der Waals surface area contributed by atoms with Gasteiger partial charge in [0.2, 0.25) is 6.29 Å². The smallest absolute Gasteiger partial charge is 0.340 e. The zero-order chi connectivity index (χ0) is 15.0. The number of aromatic carboxylic acids is 1. The summed E-state index contributed by atoms with van der Waals surface area (Å²) in [6, 6.07) is 5.75. The van der Waals surface area contributed by atoms with Gasteiger partial charge in [0, 0.05) is 6.42 Å². The van der Waals surface area contributed by atoms with E-state index < -0.39 is 18.2 Å². The molecule has 1 N–H and O–H groups in total. The number of carbonyl (C=O) groups excluding carboxylic acids is 1. The highest BCUT2D eigenvalue weighted by Gasteiger charge is 2.16. The lowest BCUT2D eigenvalue weighted by molar-refractivity contribution is -0.111. The lowest BCUT2D eigenvalue weighted by Gasteiger charge is -2.16. The predicted molar refractivity (Wildman–Crippen MR) is 73.8 cm³/mol. The van der Waals surface area contributed by atoms with Crippen molar-refractivity contribution >= 4 is 11.9 Å². The molecular formula is C15H20O5. The van der Waals surface area contributed by atoms with E-state index in [1.165, 1.54) is 24.3 Å². The van der Waals surface area contributed by atoms with Crippen molar-refractivity contribution in [1.29, 1.82) is 0 Å². The largest absolute Gasteiger partial charge is 0.478 e. The number of ether oxygens (including phenoxy) is 2. The van der Waals surface area contributed by atoms with Crippen molar-refractivity contribution in [2.45, 2.75) is 39.4 Å². The van der Waals surface area contributed by atoms with Gasteiger partial charge >= 0.3 is 11.9 Å². The molecule has 5 heteroatoms. The molecule has 1 aromatic rings. The monoisotopic (exact) mass is 280 g/mol. The third kappa shape index (κ3) is 5.01. The molecule has 0 bridgehead atoms. The molecule has 0 aliphatic carbocycles. The topological polar surface area (TPSA) is 72.8 Å². The summed E-state index contributed by atoms with van der Waals surface area (Å²) < 4.78 is 10.7. The van der Waals surface area contributed by atoms with Crippen LogP contribution in [0.25, 0.3) is 0 Å². The zero-order valence-electron chi connectivity index (χ0n) is 11.8. The van der Waals surface area contributed by atoms with Gasteiger partial charge in [0.25, 0.3) is 0 Å². The Bertz CT molecular complexity index is 455. The number of rotatable bonds is 8. The van der Waals surface area contributed by atoms with Gasteiger partial charge < -0.3 is 14.6 Å². The van der Waals surface area contributed by atoms with Gasteiger partial charge in [0.1, 0.15) is 0 Å². The third-order valence-corrected chi connectivity index (χ3v) is 2.72. The normalized spacial score (nSPS) is 11.9. The minimum absolute atomic E-state index is 0.0550. The minimum atomic E-state index is -1.08. The molecule has 5 nitrogen and oxygen atoms in total. The molecule has 0 spiro atoms. The van der Waals surface area contributed by atoms with E-state index in [9.17, 15) is 9.59 Å². The summed E-state index contributed by atoms with van der Waals surface area (Å²) in [5, 5.41) is 8.89. The number of hydrogen-bond donors (Lipinski definition) is 1. The molecule has 0 aliphatic heterocycles. The second-order valence-electron chi connectivity index (χ2n) is 4.35. The highest BCUT2D eigenvalue weighted by molar-refractivity contribution is 5.94. The Labute approximate surface area is 118 Å². The van der Waals surface area contributed by atoms with Gasteiger partial charge in [0.15, 0.2) is 0 Å². The first-order chi connectivity index (χ1) is 9.58. The van der Waals surface area contributed by atoms with Gasteiger partial charge in [-0.05, 0) is 24.6 Å². The minimum Gasteiger partial charge on any atom is -0.478 e. The average molecular weight is 280 g/mol. The van der Waals surface area contributed by atoms with Gasteiger partial charge in [-0.3, -0.25) is 0 Å². The maximum Gasteiger partial charge on any atom is 0.340 e. The number of carboxylic acids is 1. The first kappa shape index (κ1) is 16.2. The predicted octanol–water partition coefficient (Wildman–Crippen LogP) is 3.09. The van der Waals surface area contributed by atoms with E-state index in [2.05, 4.69) is 0 Å². The van der Waals surface area contributed by atoms with Gasteiger partial charge in [-0.15, -0.1) is 0 Å². The number of unbranched alkanes of at least 4 members (excludes halogenated alkanes) is 1. The van der Waals surface area contributed by atoms with Gasteiger partial charge in [0.05, 0.1) is 17.7 Å². The van der Waals surface area contributed by atoms with Crippen LogP contribution in [0.3, 0.4) is 0 Å². The fraction of sp³-hybridized carbons (Fsp3) is 0.467. The SMILES string of the molecule is CCCCOC(CC)OC(=O)c1cccc(C(=O)O)c1. The number of carbonyl (C=O) groups is 2. The van der Waals surface area contributed by atoms with Crippen LogP contribution in [0, 0.1) is 0 Å². The highest BCUT2D eigenvalue weighted by Crippen LogP contribution is 2.10. The first-order valence-corrected chi connectivity index (χ1v) is 6.74. The van der Waals surface area contributed by atoms with Crippen molar-refractivity contribution in [3.63, 3.8) is 0 Å². The molecule has 0 heterocycles. The lowest BCUT2D eigenvalue weighted by Crippen LogP contribution is -2.21. The molecule has 1 atom stereocenters. The standard InChI is InChI=1S/C15H20O5/c1-3-5-9-19-13(4-2)20-15(18)12-8-6-7-11(10-12)14(16)17/h6-8,10,13H,3-5,9H2,1-2H3,(H,16,17). The molecule has 0 fully saturated rings. The van der Waals surface area contributed by atoms with Crippen molar-refractivity contribution in [2.24, 2.45) is 0 Å². The summed E-state index contributed by atoms with van der Waals surface area (Å²) in [7, 11) is 0. The van der Waals surface area contributed by atoms with Crippen LogP contribution < -0.4 is 0 Å². The van der Waals surface area contributed by atoms with Crippen LogP contribution in [-0.4, -0.2) is 29.9 Å². The summed E-state index contributed by atoms with van der Waals surface area (Å²) in [4.78, 5) is 22.8. The summed E-state index contributed by atoms with van der Waals surface area (Å²) in [6.07, 6.45) is 1.87. The van der Waals surface area contributed by atoms with E-state index in [1.54, 1.807) is 0 Å². The van der Waals surface area contributed by atoms with E-state index in [-0.39, 0.29) is 11.1 Å². The molecule has 20 heavy (non-hydrogen) atoms. The van der Waals surface area contributed by atoms with E-state index in [4.69, 9.17) is 14.6 Å². The van der Waals surface area contributed by atoms with Crippen molar-refractivity contribution in [2.75, 3.05) is 6.61 Å². The van der Waals surface area contributed by atoms with E-state index in [0.29, 0.717) is 13.0 Å². The fourth-order valence-electron chi connectivity index (χ4n) is 1.56. The molecule has 0 aliphatic rings. The maximum absolute atomic E-state index is 11.9. The highest BCUT2D eigenvalue weighted by atomic mass is 16.7. The van der Waals surface area contributed by atoms with Gasteiger partial charge in [-0.25, -0.2) is 9.59 Å². The van der Waals surface area contributed by atoms with Crippen LogP contribution in [-0.2, 0) is 9.47 Å². The maximum atomic E-state index is 11.9. The zero-order valence-corrected chi connectivity index (χ0v) is 11.8. The molecule has 1 rings (SSSR count). The summed E-state index contributed by atoms with van der Waals surface area (Å²) in [5.41, 5.74) is 0.266. The summed E-state index contributed by atoms with van der Waals surface area (Å²) in [6.45, 7) is 4.45. The number of hydrogen-bond acceptors (Lipinski definition) is 4. The Morgan fingerprint density at radius 2 is 1.95 bits per heavy atom. The molecule has 110 valence electrons. The van der Waals surface area contributed by atoms with Crippen LogP contribution >= 0.6 is 0 Å². The van der Waals surface area contributed by atoms with Crippen LogP contribution in [0.5, 0.6) is 0 Å². The fourth-order valence-corrected chi connectivity index (χ4v) is 1.56.